The molecule has 0 saturated heterocycles. The Labute approximate surface area is 182 Å². The predicted octanol–water partition coefficient (Wildman–Crippen LogP) is 5.84. The molecule has 0 aliphatic carbocycles. The molecule has 4 aromatic rings. The van der Waals surface area contributed by atoms with Crippen molar-refractivity contribution in [1.29, 1.82) is 0 Å². The fourth-order valence-corrected chi connectivity index (χ4v) is 4.01. The quantitative estimate of drug-likeness (QED) is 0.385. The number of nitrogens with zero attached hydrogens (tertiary/aromatic N) is 1. The monoisotopic (exact) mass is 436 g/mol. The van der Waals surface area contributed by atoms with E-state index in [9.17, 15) is 9.90 Å². The summed E-state index contributed by atoms with van der Waals surface area (Å²) in [6.07, 6.45) is 1.70. The zero-order valence-electron chi connectivity index (χ0n) is 15.9. The number of anilines is 1. The molecule has 1 amide bonds. The number of fused-ring (bicyclic) bond motifs is 1. The second-order valence-electron chi connectivity index (χ2n) is 6.44. The summed E-state index contributed by atoms with van der Waals surface area (Å²) in [6, 6.07) is 19.5. The topological polar surface area (TPSA) is 71.5 Å². The van der Waals surface area contributed by atoms with Crippen LogP contribution < -0.4 is 10.1 Å². The average Bonchev–Trinajstić information content (AvgIpc) is 3.17. The van der Waals surface area contributed by atoms with Gasteiger partial charge in [0.1, 0.15) is 5.01 Å². The summed E-state index contributed by atoms with van der Waals surface area (Å²) in [5, 5.41) is 14.2. The van der Waals surface area contributed by atoms with Gasteiger partial charge in [-0.3, -0.25) is 4.79 Å². The molecule has 2 N–H and O–H groups in total. The second-order valence-corrected chi connectivity index (χ2v) is 7.90. The van der Waals surface area contributed by atoms with Gasteiger partial charge in [0.15, 0.2) is 11.5 Å². The molecule has 3 aromatic carbocycles. The smallest absolute Gasteiger partial charge is 0.258 e. The van der Waals surface area contributed by atoms with Gasteiger partial charge in [-0.25, -0.2) is 4.98 Å². The number of methoxy groups -OCH3 is 1. The zero-order valence-corrected chi connectivity index (χ0v) is 17.5. The first-order chi connectivity index (χ1) is 14.5. The van der Waals surface area contributed by atoms with E-state index >= 15 is 0 Å². The predicted molar refractivity (Wildman–Crippen MR) is 122 cm³/mol. The number of ether oxygens (including phenoxy) is 1. The molecule has 5 nitrogen and oxygen atoms in total. The molecule has 0 atom stereocenters. The Hall–Kier alpha value is -3.35. The van der Waals surface area contributed by atoms with Gasteiger partial charge in [0.2, 0.25) is 0 Å². The molecular formula is C23H17ClN2O3S. The number of aromatic nitrogens is 1. The lowest BCUT2D eigenvalue weighted by Crippen LogP contribution is -2.13. The van der Waals surface area contributed by atoms with Crippen LogP contribution in [0.4, 0.5) is 5.69 Å². The number of nitrogens with one attached hydrogen (secondary N) is 1. The van der Waals surface area contributed by atoms with Crippen molar-refractivity contribution in [3.63, 3.8) is 0 Å². The zero-order chi connectivity index (χ0) is 21.1. The van der Waals surface area contributed by atoms with E-state index in [0.29, 0.717) is 32.6 Å². The molecule has 0 saturated carbocycles. The van der Waals surface area contributed by atoms with Gasteiger partial charge in [-0.1, -0.05) is 29.8 Å². The van der Waals surface area contributed by atoms with Crippen molar-refractivity contribution < 1.29 is 14.6 Å². The highest BCUT2D eigenvalue weighted by atomic mass is 35.5. The summed E-state index contributed by atoms with van der Waals surface area (Å²) >= 11 is 7.36. The Balaban J connectivity index is 1.76. The molecule has 0 fully saturated rings. The lowest BCUT2D eigenvalue weighted by molar-refractivity contribution is -0.111. The second kappa shape index (κ2) is 8.57. The summed E-state index contributed by atoms with van der Waals surface area (Å²) in [5.74, 6) is 0.0407. The maximum absolute atomic E-state index is 13.2. The molecule has 0 aliphatic heterocycles. The number of carbonyl (C=O) groups excluding carboxylic acids is 1. The van der Waals surface area contributed by atoms with Crippen LogP contribution in [0.15, 0.2) is 66.7 Å². The number of phenols is 1. The van der Waals surface area contributed by atoms with Gasteiger partial charge in [-0.2, -0.15) is 0 Å². The Morgan fingerprint density at radius 1 is 1.13 bits per heavy atom. The van der Waals surface area contributed by atoms with Gasteiger partial charge in [0, 0.05) is 10.7 Å². The SMILES string of the molecule is COc1ccc(/C=C(\C(=O)Nc2ccc(Cl)cc2)c2nc3ccccc3s2)cc1O. The maximum atomic E-state index is 13.2. The fourth-order valence-electron chi connectivity index (χ4n) is 2.91. The first-order valence-electron chi connectivity index (χ1n) is 9.05. The third-order valence-electron chi connectivity index (χ3n) is 4.38. The highest BCUT2D eigenvalue weighted by molar-refractivity contribution is 7.19. The van der Waals surface area contributed by atoms with E-state index in [2.05, 4.69) is 10.3 Å². The highest BCUT2D eigenvalue weighted by Gasteiger charge is 2.17. The number of benzene rings is 3. The Kier molecular flexibility index (Phi) is 5.70. The van der Waals surface area contributed by atoms with E-state index < -0.39 is 0 Å². The number of halogens is 1. The number of hydrogen-bond donors (Lipinski definition) is 2. The van der Waals surface area contributed by atoms with Crippen LogP contribution in [0.5, 0.6) is 11.5 Å². The van der Waals surface area contributed by atoms with Gasteiger partial charge in [-0.05, 0) is 60.2 Å². The van der Waals surface area contributed by atoms with E-state index in [1.165, 1.54) is 18.4 Å². The van der Waals surface area contributed by atoms with Gasteiger partial charge in [0.25, 0.3) is 5.91 Å². The van der Waals surface area contributed by atoms with Gasteiger partial charge in [-0.15, -0.1) is 11.3 Å². The molecular weight excluding hydrogens is 420 g/mol. The fraction of sp³-hybridized carbons (Fsp3) is 0.0435. The number of hydrogen-bond acceptors (Lipinski definition) is 5. The van der Waals surface area contributed by atoms with E-state index in [0.717, 1.165) is 10.2 Å². The first-order valence-corrected chi connectivity index (χ1v) is 10.2. The summed E-state index contributed by atoms with van der Waals surface area (Å²) in [7, 11) is 1.48. The van der Waals surface area contributed by atoms with Crippen LogP contribution in [0.25, 0.3) is 21.9 Å². The van der Waals surface area contributed by atoms with Crippen LogP contribution in [-0.2, 0) is 4.79 Å². The molecule has 1 aromatic heterocycles. The van der Waals surface area contributed by atoms with Crippen LogP contribution >= 0.6 is 22.9 Å². The minimum absolute atomic E-state index is 0.00647. The largest absolute Gasteiger partial charge is 0.504 e. The van der Waals surface area contributed by atoms with Crippen molar-refractivity contribution in [2.45, 2.75) is 0 Å². The van der Waals surface area contributed by atoms with E-state index in [1.807, 2.05) is 24.3 Å². The van der Waals surface area contributed by atoms with Crippen LogP contribution in [-0.4, -0.2) is 23.1 Å². The summed E-state index contributed by atoms with van der Waals surface area (Å²) in [5.41, 5.74) is 2.47. The van der Waals surface area contributed by atoms with Crippen LogP contribution in [0.1, 0.15) is 10.6 Å². The standard InChI is InChI=1S/C23H17ClN2O3S/c1-29-20-11-6-14(13-19(20)27)12-17(22(28)25-16-9-7-15(24)8-10-16)23-26-18-4-2-3-5-21(18)30-23/h2-13,27H,1H3,(H,25,28)/b17-12+. The molecule has 30 heavy (non-hydrogen) atoms. The van der Waals surface area contributed by atoms with Crippen molar-refractivity contribution in [3.05, 3.63) is 82.3 Å². The molecule has 0 unspecified atom stereocenters. The van der Waals surface area contributed by atoms with E-state index in [1.54, 1.807) is 48.5 Å². The molecule has 0 aliphatic rings. The molecule has 4 rings (SSSR count). The number of phenolic OH excluding ortho intramolecular Hbond substituents is 1. The lowest BCUT2D eigenvalue weighted by Gasteiger charge is -2.08. The minimum atomic E-state index is -0.313. The van der Waals surface area contributed by atoms with Crippen molar-refractivity contribution >= 4 is 56.4 Å². The minimum Gasteiger partial charge on any atom is -0.504 e. The number of para-hydroxylation sites is 1. The van der Waals surface area contributed by atoms with Crippen LogP contribution in [0.2, 0.25) is 5.02 Å². The third kappa shape index (κ3) is 4.30. The number of aromatic hydroxyl groups is 1. The van der Waals surface area contributed by atoms with Crippen molar-refractivity contribution in [2.24, 2.45) is 0 Å². The summed E-state index contributed by atoms with van der Waals surface area (Å²) in [4.78, 5) is 17.8. The van der Waals surface area contributed by atoms with Crippen molar-refractivity contribution in [2.75, 3.05) is 12.4 Å². The average molecular weight is 437 g/mol. The molecule has 1 heterocycles. The van der Waals surface area contributed by atoms with E-state index in [-0.39, 0.29) is 11.7 Å². The van der Waals surface area contributed by atoms with E-state index in [4.69, 9.17) is 16.3 Å². The van der Waals surface area contributed by atoms with Gasteiger partial charge in [0.05, 0.1) is 22.9 Å². The van der Waals surface area contributed by atoms with Crippen LogP contribution in [0, 0.1) is 0 Å². The summed E-state index contributed by atoms with van der Waals surface area (Å²) < 4.78 is 6.08. The number of carbonyl (C=O) groups is 1. The van der Waals surface area contributed by atoms with Crippen molar-refractivity contribution in [1.82, 2.24) is 4.98 Å². The summed E-state index contributed by atoms with van der Waals surface area (Å²) in [6.45, 7) is 0. The molecule has 0 radical (unpaired) electrons. The lowest BCUT2D eigenvalue weighted by atomic mass is 10.1. The van der Waals surface area contributed by atoms with Crippen LogP contribution in [0.3, 0.4) is 0 Å². The van der Waals surface area contributed by atoms with Gasteiger partial charge >= 0.3 is 0 Å². The normalized spacial score (nSPS) is 11.5. The number of amides is 1. The number of thiazole rings is 1. The Morgan fingerprint density at radius 3 is 2.60 bits per heavy atom. The Morgan fingerprint density at radius 2 is 1.90 bits per heavy atom. The molecule has 150 valence electrons. The molecule has 0 spiro atoms. The highest BCUT2D eigenvalue weighted by Crippen LogP contribution is 2.32. The number of rotatable bonds is 5. The first kappa shape index (κ1) is 19.9. The molecule has 0 bridgehead atoms. The Bertz CT molecular complexity index is 1220. The maximum Gasteiger partial charge on any atom is 0.258 e. The molecule has 7 heteroatoms. The van der Waals surface area contributed by atoms with Crippen molar-refractivity contribution in [3.8, 4) is 11.5 Å². The van der Waals surface area contributed by atoms with Gasteiger partial charge < -0.3 is 15.2 Å². The third-order valence-corrected chi connectivity index (χ3v) is 5.71.